The molecule has 2 amide bonds. The third-order valence-corrected chi connectivity index (χ3v) is 8.76. The summed E-state index contributed by atoms with van der Waals surface area (Å²) in [6, 6.07) is 22.6. The Morgan fingerprint density at radius 3 is 2.30 bits per heavy atom. The molecule has 1 aromatic heterocycles. The van der Waals surface area contributed by atoms with Crippen LogP contribution in [0.3, 0.4) is 0 Å². The highest BCUT2D eigenvalue weighted by atomic mass is 35.5. The van der Waals surface area contributed by atoms with E-state index in [0.717, 1.165) is 16.4 Å². The van der Waals surface area contributed by atoms with Crippen molar-refractivity contribution in [2.75, 3.05) is 39.6 Å². The van der Waals surface area contributed by atoms with Crippen LogP contribution in [-0.2, 0) is 4.79 Å². The second-order valence-electron chi connectivity index (χ2n) is 10.1. The molecule has 5 rings (SSSR count). The van der Waals surface area contributed by atoms with Gasteiger partial charge in [-0.15, -0.1) is 10.2 Å². The van der Waals surface area contributed by atoms with Crippen molar-refractivity contribution in [3.8, 4) is 28.6 Å². The summed E-state index contributed by atoms with van der Waals surface area (Å²) in [5.41, 5.74) is 2.14. The minimum absolute atomic E-state index is 0.0794. The first kappa shape index (κ1) is 30.4. The molecule has 0 bridgehead atoms. The molecule has 1 saturated heterocycles. The number of nitrogens with zero attached hydrogens (tertiary/aromatic N) is 5. The summed E-state index contributed by atoms with van der Waals surface area (Å²) in [4.78, 5) is 30.2. The Balaban J connectivity index is 1.19. The average Bonchev–Trinajstić information content (AvgIpc) is 3.46. The van der Waals surface area contributed by atoms with Crippen molar-refractivity contribution in [3.05, 3.63) is 83.4 Å². The van der Waals surface area contributed by atoms with Gasteiger partial charge in [0, 0.05) is 49.1 Å². The quantitative estimate of drug-likeness (QED) is 0.162. The smallest absolute Gasteiger partial charge is 0.261 e. The van der Waals surface area contributed by atoms with Crippen molar-refractivity contribution < 1.29 is 19.1 Å². The third kappa shape index (κ3) is 6.65. The molecule has 0 N–H and O–H groups in total. The standard InChI is InChI=1S/C32H34ClN5O4S/c1-22-21-36(18-19-37(22)31(40)29-26(41-2)15-9-16-27(29)42-3)28(39)17-10-20-43-32-35-34-30(24-13-7-8-14-25(24)33)38(32)23-11-5-4-6-12-23/h4-9,11-16,22H,10,17-21H2,1-3H3. The van der Waals surface area contributed by atoms with E-state index in [1.807, 2.05) is 71.0 Å². The van der Waals surface area contributed by atoms with Crippen LogP contribution in [0.5, 0.6) is 11.5 Å². The van der Waals surface area contributed by atoms with Gasteiger partial charge in [0.05, 0.1) is 19.2 Å². The molecule has 4 aromatic rings. The van der Waals surface area contributed by atoms with Crippen molar-refractivity contribution in [1.29, 1.82) is 0 Å². The van der Waals surface area contributed by atoms with E-state index in [9.17, 15) is 9.59 Å². The number of halogens is 1. The van der Waals surface area contributed by atoms with E-state index >= 15 is 0 Å². The molecule has 1 atom stereocenters. The van der Waals surface area contributed by atoms with Crippen LogP contribution in [0.4, 0.5) is 0 Å². The van der Waals surface area contributed by atoms with Gasteiger partial charge in [-0.05, 0) is 49.7 Å². The number of para-hydroxylation sites is 1. The molecular formula is C32H34ClN5O4S. The van der Waals surface area contributed by atoms with Gasteiger partial charge in [-0.3, -0.25) is 14.2 Å². The van der Waals surface area contributed by atoms with E-state index in [4.69, 9.17) is 21.1 Å². The summed E-state index contributed by atoms with van der Waals surface area (Å²) in [7, 11) is 3.07. The van der Waals surface area contributed by atoms with E-state index in [-0.39, 0.29) is 17.9 Å². The van der Waals surface area contributed by atoms with Crippen LogP contribution in [0.15, 0.2) is 78.0 Å². The van der Waals surface area contributed by atoms with Crippen LogP contribution in [0.25, 0.3) is 17.1 Å². The largest absolute Gasteiger partial charge is 0.496 e. The van der Waals surface area contributed by atoms with Crippen LogP contribution in [0, 0.1) is 0 Å². The third-order valence-electron chi connectivity index (χ3n) is 7.41. The molecule has 1 aliphatic heterocycles. The maximum absolute atomic E-state index is 13.5. The molecule has 1 fully saturated rings. The lowest BCUT2D eigenvalue weighted by Gasteiger charge is -2.40. The Morgan fingerprint density at radius 1 is 0.930 bits per heavy atom. The van der Waals surface area contributed by atoms with Crippen molar-refractivity contribution in [3.63, 3.8) is 0 Å². The molecular weight excluding hydrogens is 586 g/mol. The number of rotatable bonds is 10. The summed E-state index contributed by atoms with van der Waals surface area (Å²) < 4.78 is 12.9. The Kier molecular flexibility index (Phi) is 9.89. The van der Waals surface area contributed by atoms with Crippen molar-refractivity contribution in [1.82, 2.24) is 24.6 Å². The van der Waals surface area contributed by atoms with Crippen LogP contribution in [-0.4, -0.2) is 82.0 Å². The highest BCUT2D eigenvalue weighted by molar-refractivity contribution is 7.99. The van der Waals surface area contributed by atoms with Gasteiger partial charge in [-0.2, -0.15) is 0 Å². The second-order valence-corrected chi connectivity index (χ2v) is 11.6. The van der Waals surface area contributed by atoms with Gasteiger partial charge in [0.1, 0.15) is 17.1 Å². The van der Waals surface area contributed by atoms with Crippen molar-refractivity contribution >= 4 is 35.2 Å². The average molecular weight is 620 g/mol. The lowest BCUT2D eigenvalue weighted by Crippen LogP contribution is -2.55. The Labute approximate surface area is 260 Å². The minimum Gasteiger partial charge on any atom is -0.496 e. The SMILES string of the molecule is COc1cccc(OC)c1C(=O)N1CCN(C(=O)CCCSc2nnc(-c3ccccc3Cl)n2-c2ccccc2)CC1C. The van der Waals surface area contributed by atoms with Crippen molar-refractivity contribution in [2.45, 2.75) is 31.0 Å². The Bertz CT molecular complexity index is 1560. The topological polar surface area (TPSA) is 89.8 Å². The summed E-state index contributed by atoms with van der Waals surface area (Å²) in [6.45, 7) is 3.34. The van der Waals surface area contributed by atoms with Gasteiger partial charge in [-0.25, -0.2) is 0 Å². The van der Waals surface area contributed by atoms with E-state index in [1.54, 1.807) is 34.9 Å². The molecule has 0 aliphatic carbocycles. The first-order valence-corrected chi connectivity index (χ1v) is 15.5. The fourth-order valence-electron chi connectivity index (χ4n) is 5.23. The van der Waals surface area contributed by atoms with E-state index in [0.29, 0.717) is 66.1 Å². The number of methoxy groups -OCH3 is 2. The minimum atomic E-state index is -0.163. The highest BCUT2D eigenvalue weighted by Crippen LogP contribution is 2.33. The number of thioether (sulfide) groups is 1. The number of carbonyl (C=O) groups excluding carboxylic acids is 2. The molecule has 0 radical (unpaired) electrons. The maximum Gasteiger partial charge on any atom is 0.261 e. The number of piperazine rings is 1. The number of hydrogen-bond donors (Lipinski definition) is 0. The number of carbonyl (C=O) groups is 2. The van der Waals surface area contributed by atoms with Crippen LogP contribution in [0.1, 0.15) is 30.1 Å². The van der Waals surface area contributed by atoms with E-state index in [1.165, 1.54) is 14.2 Å². The fourth-order valence-corrected chi connectivity index (χ4v) is 6.34. The fraction of sp³-hybridized carbons (Fsp3) is 0.312. The zero-order valence-electron chi connectivity index (χ0n) is 24.4. The Hall–Kier alpha value is -4.02. The van der Waals surface area contributed by atoms with Gasteiger partial charge >= 0.3 is 0 Å². The zero-order valence-corrected chi connectivity index (χ0v) is 26.0. The second kappa shape index (κ2) is 14.0. The first-order valence-electron chi connectivity index (χ1n) is 14.1. The number of hydrogen-bond acceptors (Lipinski definition) is 7. The van der Waals surface area contributed by atoms with Crippen molar-refractivity contribution in [2.24, 2.45) is 0 Å². The van der Waals surface area contributed by atoms with Crippen LogP contribution in [0.2, 0.25) is 5.02 Å². The summed E-state index contributed by atoms with van der Waals surface area (Å²) in [5.74, 6) is 2.22. The van der Waals surface area contributed by atoms with Gasteiger partial charge < -0.3 is 19.3 Å². The van der Waals surface area contributed by atoms with Gasteiger partial charge in [-0.1, -0.05) is 59.8 Å². The highest BCUT2D eigenvalue weighted by Gasteiger charge is 2.33. The predicted molar refractivity (Wildman–Crippen MR) is 168 cm³/mol. The molecule has 2 heterocycles. The van der Waals surface area contributed by atoms with Gasteiger partial charge in [0.2, 0.25) is 5.91 Å². The molecule has 224 valence electrons. The molecule has 0 saturated carbocycles. The normalized spacial score (nSPS) is 14.9. The number of ether oxygens (including phenoxy) is 2. The predicted octanol–water partition coefficient (Wildman–Crippen LogP) is 5.85. The molecule has 9 nitrogen and oxygen atoms in total. The lowest BCUT2D eigenvalue weighted by atomic mass is 10.1. The maximum atomic E-state index is 13.5. The number of aromatic nitrogens is 3. The van der Waals surface area contributed by atoms with E-state index < -0.39 is 0 Å². The van der Waals surface area contributed by atoms with Crippen LogP contribution >= 0.6 is 23.4 Å². The molecule has 3 aromatic carbocycles. The lowest BCUT2D eigenvalue weighted by molar-refractivity contribution is -0.133. The Morgan fingerprint density at radius 2 is 1.63 bits per heavy atom. The molecule has 1 unspecified atom stereocenters. The van der Waals surface area contributed by atoms with Gasteiger partial charge in [0.15, 0.2) is 11.0 Å². The van der Waals surface area contributed by atoms with Crippen LogP contribution < -0.4 is 9.47 Å². The van der Waals surface area contributed by atoms with E-state index in [2.05, 4.69) is 10.2 Å². The molecule has 0 spiro atoms. The molecule has 1 aliphatic rings. The first-order chi connectivity index (χ1) is 20.9. The molecule has 43 heavy (non-hydrogen) atoms. The number of benzene rings is 3. The number of amides is 2. The van der Waals surface area contributed by atoms with Gasteiger partial charge in [0.25, 0.3) is 5.91 Å². The monoisotopic (exact) mass is 619 g/mol. The summed E-state index contributed by atoms with van der Waals surface area (Å²) >= 11 is 8.06. The zero-order chi connectivity index (χ0) is 30.3. The molecule has 11 heteroatoms. The summed E-state index contributed by atoms with van der Waals surface area (Å²) in [5, 5.41) is 10.3. The summed E-state index contributed by atoms with van der Waals surface area (Å²) in [6.07, 6.45) is 1.09.